The molecule has 1 saturated carbocycles. The van der Waals surface area contributed by atoms with E-state index in [0.717, 1.165) is 22.9 Å². The van der Waals surface area contributed by atoms with Crippen molar-refractivity contribution in [2.45, 2.75) is 38.0 Å². The zero-order valence-electron chi connectivity index (χ0n) is 10.1. The summed E-state index contributed by atoms with van der Waals surface area (Å²) in [6, 6.07) is 0. The first kappa shape index (κ1) is 11.8. The van der Waals surface area contributed by atoms with E-state index in [9.17, 15) is 0 Å². The van der Waals surface area contributed by atoms with Crippen LogP contribution in [0.5, 0.6) is 0 Å². The van der Waals surface area contributed by atoms with Crippen LogP contribution in [0.1, 0.15) is 42.4 Å². The van der Waals surface area contributed by atoms with Gasteiger partial charge >= 0.3 is 0 Å². The Balaban J connectivity index is 1.78. The summed E-state index contributed by atoms with van der Waals surface area (Å²) in [5.41, 5.74) is 6.29. The number of aromatic nitrogens is 3. The second kappa shape index (κ2) is 5.16. The smallest absolute Gasteiger partial charge is 0.277 e. The fraction of sp³-hybridized carbons (Fsp3) is 0.583. The van der Waals surface area contributed by atoms with Crippen molar-refractivity contribution < 1.29 is 4.52 Å². The summed E-state index contributed by atoms with van der Waals surface area (Å²) >= 11 is 1.59. The molecule has 1 fully saturated rings. The maximum absolute atomic E-state index is 5.51. The summed E-state index contributed by atoms with van der Waals surface area (Å²) in [4.78, 5) is 8.92. The van der Waals surface area contributed by atoms with E-state index in [2.05, 4.69) is 15.1 Å². The lowest BCUT2D eigenvalue weighted by atomic mass is 10.1. The normalized spacial score (nSPS) is 16.5. The molecule has 0 radical (unpaired) electrons. The minimum Gasteiger partial charge on any atom is -0.332 e. The van der Waals surface area contributed by atoms with Crippen LogP contribution in [0, 0.1) is 0 Å². The zero-order chi connectivity index (χ0) is 12.4. The molecule has 2 aromatic rings. The largest absolute Gasteiger partial charge is 0.332 e. The van der Waals surface area contributed by atoms with Crippen LogP contribution in [0.4, 0.5) is 0 Å². The molecule has 0 bridgehead atoms. The van der Waals surface area contributed by atoms with Gasteiger partial charge in [0, 0.05) is 17.7 Å². The molecule has 2 heterocycles. The van der Waals surface area contributed by atoms with Gasteiger partial charge in [0.05, 0.1) is 5.01 Å². The van der Waals surface area contributed by atoms with Crippen LogP contribution >= 0.6 is 11.3 Å². The molecule has 2 N–H and O–H groups in total. The van der Waals surface area contributed by atoms with E-state index in [1.165, 1.54) is 25.7 Å². The van der Waals surface area contributed by atoms with Crippen LogP contribution < -0.4 is 5.73 Å². The number of thiazole rings is 1. The van der Waals surface area contributed by atoms with Crippen LogP contribution in [0.3, 0.4) is 0 Å². The highest BCUT2D eigenvalue weighted by molar-refractivity contribution is 7.09. The Morgan fingerprint density at radius 1 is 1.33 bits per heavy atom. The van der Waals surface area contributed by atoms with E-state index in [0.29, 0.717) is 18.4 Å². The highest BCUT2D eigenvalue weighted by Gasteiger charge is 2.23. The average molecular weight is 264 g/mol. The molecule has 0 amide bonds. The first-order chi connectivity index (χ1) is 8.86. The Hall–Kier alpha value is -1.27. The van der Waals surface area contributed by atoms with Gasteiger partial charge in [0.15, 0.2) is 5.82 Å². The van der Waals surface area contributed by atoms with Crippen molar-refractivity contribution in [3.63, 3.8) is 0 Å². The lowest BCUT2D eigenvalue weighted by Crippen LogP contribution is -2.02. The fourth-order valence-corrected chi connectivity index (χ4v) is 3.12. The molecule has 2 aromatic heterocycles. The molecule has 0 spiro atoms. The van der Waals surface area contributed by atoms with Crippen LogP contribution in [-0.2, 0) is 6.42 Å². The number of rotatable bonds is 4. The van der Waals surface area contributed by atoms with E-state index in [-0.39, 0.29) is 0 Å². The van der Waals surface area contributed by atoms with Gasteiger partial charge in [-0.1, -0.05) is 18.0 Å². The van der Waals surface area contributed by atoms with Crippen molar-refractivity contribution in [1.29, 1.82) is 0 Å². The SMILES string of the molecule is NCCc1nc(-c2nc(C3CCCC3)no2)cs1. The van der Waals surface area contributed by atoms with Gasteiger partial charge in [0.2, 0.25) is 0 Å². The summed E-state index contributed by atoms with van der Waals surface area (Å²) in [6.45, 7) is 0.615. The Kier molecular flexibility index (Phi) is 3.38. The predicted molar refractivity (Wildman–Crippen MR) is 69.4 cm³/mol. The Labute approximate surface area is 109 Å². The van der Waals surface area contributed by atoms with E-state index in [4.69, 9.17) is 10.3 Å². The minimum atomic E-state index is 0.477. The monoisotopic (exact) mass is 264 g/mol. The number of nitrogens with two attached hydrogens (primary N) is 1. The lowest BCUT2D eigenvalue weighted by Gasteiger charge is -1.99. The minimum absolute atomic E-state index is 0.477. The first-order valence-corrected chi connectivity index (χ1v) is 7.23. The van der Waals surface area contributed by atoms with E-state index < -0.39 is 0 Å². The number of hydrogen-bond acceptors (Lipinski definition) is 6. The maximum Gasteiger partial charge on any atom is 0.277 e. The summed E-state index contributed by atoms with van der Waals surface area (Å²) in [6.07, 6.45) is 5.69. The van der Waals surface area contributed by atoms with Crippen LogP contribution in [0.25, 0.3) is 11.6 Å². The zero-order valence-corrected chi connectivity index (χ0v) is 10.9. The van der Waals surface area contributed by atoms with Gasteiger partial charge < -0.3 is 10.3 Å². The highest BCUT2D eigenvalue weighted by Crippen LogP contribution is 2.33. The van der Waals surface area contributed by atoms with E-state index >= 15 is 0 Å². The predicted octanol–water partition coefficient (Wildman–Crippen LogP) is 2.35. The highest BCUT2D eigenvalue weighted by atomic mass is 32.1. The van der Waals surface area contributed by atoms with Crippen molar-refractivity contribution in [3.05, 3.63) is 16.2 Å². The maximum atomic E-state index is 5.51. The molecule has 0 saturated heterocycles. The molecule has 5 nitrogen and oxygen atoms in total. The van der Waals surface area contributed by atoms with Crippen molar-refractivity contribution in [3.8, 4) is 11.6 Å². The van der Waals surface area contributed by atoms with Gasteiger partial charge in [-0.3, -0.25) is 0 Å². The lowest BCUT2D eigenvalue weighted by molar-refractivity contribution is 0.415. The summed E-state index contributed by atoms with van der Waals surface area (Å²) < 4.78 is 5.31. The Morgan fingerprint density at radius 2 is 2.17 bits per heavy atom. The third kappa shape index (κ3) is 2.30. The van der Waals surface area contributed by atoms with E-state index in [1.54, 1.807) is 11.3 Å². The molecule has 0 aromatic carbocycles. The second-order valence-electron chi connectivity index (χ2n) is 4.60. The topological polar surface area (TPSA) is 77.8 Å². The van der Waals surface area contributed by atoms with Crippen molar-refractivity contribution in [2.24, 2.45) is 5.73 Å². The van der Waals surface area contributed by atoms with Gasteiger partial charge in [0.25, 0.3) is 5.89 Å². The van der Waals surface area contributed by atoms with Gasteiger partial charge in [-0.25, -0.2) is 4.98 Å². The molecule has 96 valence electrons. The average Bonchev–Trinajstić information content (AvgIpc) is 3.10. The molecule has 18 heavy (non-hydrogen) atoms. The van der Waals surface area contributed by atoms with Gasteiger partial charge in [-0.2, -0.15) is 4.98 Å². The van der Waals surface area contributed by atoms with Crippen LogP contribution in [0.15, 0.2) is 9.90 Å². The molecular weight excluding hydrogens is 248 g/mol. The van der Waals surface area contributed by atoms with Crippen molar-refractivity contribution in [2.75, 3.05) is 6.54 Å². The quantitative estimate of drug-likeness (QED) is 0.917. The van der Waals surface area contributed by atoms with Crippen LogP contribution in [0.2, 0.25) is 0 Å². The third-order valence-corrected chi connectivity index (χ3v) is 4.20. The van der Waals surface area contributed by atoms with Gasteiger partial charge in [0.1, 0.15) is 5.69 Å². The fourth-order valence-electron chi connectivity index (χ4n) is 2.34. The number of nitrogens with zero attached hydrogens (tertiary/aromatic N) is 3. The standard InChI is InChI=1S/C12H16N4OS/c13-6-5-10-14-9(7-18-10)12-15-11(16-17-12)8-3-1-2-4-8/h7-8H,1-6,13H2. The van der Waals surface area contributed by atoms with Crippen LogP contribution in [-0.4, -0.2) is 21.7 Å². The van der Waals surface area contributed by atoms with Crippen molar-refractivity contribution >= 4 is 11.3 Å². The van der Waals surface area contributed by atoms with Crippen molar-refractivity contribution in [1.82, 2.24) is 15.1 Å². The molecule has 3 rings (SSSR count). The van der Waals surface area contributed by atoms with Gasteiger partial charge in [-0.05, 0) is 19.4 Å². The molecule has 0 aliphatic heterocycles. The molecule has 0 unspecified atom stereocenters. The molecule has 6 heteroatoms. The Bertz CT molecular complexity index is 516. The molecule has 0 atom stereocenters. The Morgan fingerprint density at radius 3 is 2.94 bits per heavy atom. The summed E-state index contributed by atoms with van der Waals surface area (Å²) in [5.74, 6) is 1.86. The summed E-state index contributed by atoms with van der Waals surface area (Å²) in [7, 11) is 0. The number of hydrogen-bond donors (Lipinski definition) is 1. The second-order valence-corrected chi connectivity index (χ2v) is 5.55. The first-order valence-electron chi connectivity index (χ1n) is 6.35. The van der Waals surface area contributed by atoms with E-state index in [1.807, 2.05) is 5.38 Å². The molecule has 1 aliphatic carbocycles. The molecular formula is C12H16N4OS. The summed E-state index contributed by atoms with van der Waals surface area (Å²) in [5, 5.41) is 7.06. The third-order valence-electron chi connectivity index (χ3n) is 3.29. The molecule has 1 aliphatic rings. The van der Waals surface area contributed by atoms with Gasteiger partial charge in [-0.15, -0.1) is 11.3 Å².